The zero-order valence-corrected chi connectivity index (χ0v) is 22.6. The minimum Gasteiger partial charge on any atom is -0.493 e. The number of hydrogen-bond acceptors (Lipinski definition) is 10. The van der Waals surface area contributed by atoms with E-state index in [9.17, 15) is 14.7 Å². The summed E-state index contributed by atoms with van der Waals surface area (Å²) in [7, 11) is 0. The Morgan fingerprint density at radius 1 is 1.28 bits per heavy atom. The van der Waals surface area contributed by atoms with E-state index in [1.807, 2.05) is 0 Å². The van der Waals surface area contributed by atoms with Gasteiger partial charge >= 0.3 is 5.04 Å². The molecular formula is C25H27ClN9O3S+. The highest BCUT2D eigenvalue weighted by Crippen LogP contribution is 2.35. The van der Waals surface area contributed by atoms with E-state index in [1.165, 1.54) is 10.6 Å². The summed E-state index contributed by atoms with van der Waals surface area (Å²) in [6.45, 7) is 4.43. The van der Waals surface area contributed by atoms with Crippen molar-refractivity contribution in [1.29, 1.82) is 0 Å². The minimum atomic E-state index is -0.853. The van der Waals surface area contributed by atoms with Gasteiger partial charge in [0.15, 0.2) is 5.56 Å². The van der Waals surface area contributed by atoms with Crippen molar-refractivity contribution in [2.45, 2.75) is 31.0 Å². The Kier molecular flexibility index (Phi) is 7.43. The molecule has 0 aliphatic carbocycles. The van der Waals surface area contributed by atoms with Crippen LogP contribution in [0.4, 0.5) is 5.69 Å². The van der Waals surface area contributed by atoms with E-state index >= 15 is 0 Å². The molecule has 2 aliphatic rings. The molecule has 1 aromatic carbocycles. The summed E-state index contributed by atoms with van der Waals surface area (Å²) in [6, 6.07) is 9.80. The first kappa shape index (κ1) is 26.9. The molecule has 6 N–H and O–H groups in total. The normalized spacial score (nSPS) is 19.0. The maximum atomic E-state index is 13.0. The molecule has 39 heavy (non-hydrogen) atoms. The van der Waals surface area contributed by atoms with Crippen molar-refractivity contribution in [1.82, 2.24) is 14.3 Å². The van der Waals surface area contributed by atoms with Gasteiger partial charge in [-0.25, -0.2) is 4.99 Å². The fourth-order valence-electron chi connectivity index (χ4n) is 4.34. The number of thioether (sulfide) groups is 1. The van der Waals surface area contributed by atoms with Crippen LogP contribution in [0.3, 0.4) is 0 Å². The molecule has 0 spiro atoms. The summed E-state index contributed by atoms with van der Waals surface area (Å²) in [6.07, 6.45) is 2.87. The van der Waals surface area contributed by atoms with E-state index in [-0.39, 0.29) is 27.6 Å². The van der Waals surface area contributed by atoms with Gasteiger partial charge in [-0.05, 0) is 49.1 Å². The van der Waals surface area contributed by atoms with Gasteiger partial charge in [-0.3, -0.25) is 18.9 Å². The lowest BCUT2D eigenvalue weighted by molar-refractivity contribution is -0.116. The van der Waals surface area contributed by atoms with Gasteiger partial charge in [-0.15, -0.1) is 0 Å². The lowest BCUT2D eigenvalue weighted by Gasteiger charge is -2.38. The molecule has 1 saturated heterocycles. The van der Waals surface area contributed by atoms with Crippen LogP contribution in [0.15, 0.2) is 62.4 Å². The maximum Gasteiger partial charge on any atom is 0.445 e. The first-order valence-corrected chi connectivity index (χ1v) is 13.4. The van der Waals surface area contributed by atoms with E-state index in [0.717, 1.165) is 37.7 Å². The molecule has 1 unspecified atom stereocenters. The number of aromatic nitrogens is 2. The van der Waals surface area contributed by atoms with Crippen LogP contribution < -0.4 is 22.3 Å². The molecule has 0 bridgehead atoms. The molecule has 1 fully saturated rings. The topological polar surface area (TPSA) is 178 Å². The van der Waals surface area contributed by atoms with E-state index in [2.05, 4.69) is 37.0 Å². The molecule has 2 aromatic heterocycles. The number of nitrogens with one attached hydrogen (secondary N) is 1. The third-order valence-corrected chi connectivity index (χ3v) is 8.47. The highest BCUT2D eigenvalue weighted by molar-refractivity contribution is 8.15. The molecule has 0 saturated carbocycles. The fourth-order valence-corrected chi connectivity index (χ4v) is 5.43. The molecule has 1 amide bonds. The number of pyridine rings is 1. The van der Waals surface area contributed by atoms with Gasteiger partial charge in [0, 0.05) is 35.9 Å². The van der Waals surface area contributed by atoms with Gasteiger partial charge in [0.25, 0.3) is 17.8 Å². The number of rotatable bonds is 5. The number of hydrogen-bond donors (Lipinski definition) is 4. The first-order chi connectivity index (χ1) is 18.7. The summed E-state index contributed by atoms with van der Waals surface area (Å²) in [4.78, 5) is 41.2. The summed E-state index contributed by atoms with van der Waals surface area (Å²) in [5.74, 6) is -1.30. The Morgan fingerprint density at radius 2 is 2.05 bits per heavy atom. The molecular weight excluding hydrogens is 542 g/mol. The number of halogens is 1. The minimum absolute atomic E-state index is 0.125. The van der Waals surface area contributed by atoms with Crippen molar-refractivity contribution in [3.8, 4) is 5.88 Å². The number of likely N-dealkylation sites (tertiary alicyclic amines) is 1. The van der Waals surface area contributed by atoms with E-state index in [0.29, 0.717) is 16.5 Å². The standard InChI is InChI=1S/C25H26ClN9O3S/c1-25(13-27)8-11-34(12-9-25)24-31-19(28)22(32-33-24)39-15-6-4-5-14(18(15)26)29-20(36)17-21(37)30-16-7-2-3-10-35(16)23(17)38/h2-7,10,24H,8-9,11-13,27H2,1H3,(H3-,28,29,31,36,37,38)/p+1. The predicted molar refractivity (Wildman–Crippen MR) is 149 cm³/mol. The average Bonchev–Trinajstić information content (AvgIpc) is 2.92. The molecule has 14 heteroatoms. The monoisotopic (exact) mass is 568 g/mol. The van der Waals surface area contributed by atoms with Crippen molar-refractivity contribution in [2.75, 3.05) is 25.0 Å². The lowest BCUT2D eigenvalue weighted by Crippen LogP contribution is -2.47. The van der Waals surface area contributed by atoms with E-state index < -0.39 is 29.2 Å². The molecule has 202 valence electrons. The number of aromatic hydroxyl groups is 1. The number of carbonyl (C=O) groups is 1. The molecule has 1 atom stereocenters. The maximum absolute atomic E-state index is 13.0. The van der Waals surface area contributed by atoms with Gasteiger partial charge in [0.05, 0.1) is 15.5 Å². The highest BCUT2D eigenvalue weighted by atomic mass is 35.5. The second kappa shape index (κ2) is 10.8. The lowest BCUT2D eigenvalue weighted by atomic mass is 9.80. The van der Waals surface area contributed by atoms with E-state index in [1.54, 1.807) is 36.4 Å². The van der Waals surface area contributed by atoms with Gasteiger partial charge in [-0.2, -0.15) is 4.98 Å². The Balaban J connectivity index is 1.33. The second-order valence-corrected chi connectivity index (χ2v) is 11.1. The molecule has 0 radical (unpaired) electrons. The van der Waals surface area contributed by atoms with Crippen molar-refractivity contribution in [2.24, 2.45) is 27.0 Å². The zero-order valence-electron chi connectivity index (χ0n) is 21.0. The first-order valence-electron chi connectivity index (χ1n) is 12.2. The summed E-state index contributed by atoms with van der Waals surface area (Å²) < 4.78 is 1.17. The second-order valence-electron chi connectivity index (χ2n) is 9.65. The SMILES string of the molecule is CC1(CN)CCN(C2N=[N+]=C(Sc3cccc(NC(=O)c4c(O)nc5ccccn5c4=O)c3Cl)C(N)=N2)CC1. The largest absolute Gasteiger partial charge is 0.493 e. The van der Waals surface area contributed by atoms with Crippen LogP contribution in [0.2, 0.25) is 5.02 Å². The molecule has 2 aliphatic heterocycles. The summed E-state index contributed by atoms with van der Waals surface area (Å²) in [5, 5.41) is 17.8. The highest BCUT2D eigenvalue weighted by Gasteiger charge is 2.36. The summed E-state index contributed by atoms with van der Waals surface area (Å²) in [5.41, 5.74) is 11.5. The number of fused-ring (bicyclic) bond motifs is 1. The van der Waals surface area contributed by atoms with Crippen LogP contribution in [0.1, 0.15) is 30.1 Å². The van der Waals surface area contributed by atoms with Crippen molar-refractivity contribution in [3.05, 3.63) is 63.5 Å². The molecule has 3 aromatic rings. The Bertz CT molecular complexity index is 1610. The number of piperidine rings is 1. The number of amides is 1. The number of carbonyl (C=O) groups excluding carboxylic acids is 1. The van der Waals surface area contributed by atoms with Gasteiger partial charge in [0.1, 0.15) is 10.8 Å². The van der Waals surface area contributed by atoms with Crippen LogP contribution in [-0.4, -0.2) is 66.9 Å². The van der Waals surface area contributed by atoms with Crippen LogP contribution in [-0.2, 0) is 0 Å². The predicted octanol–water partition coefficient (Wildman–Crippen LogP) is 2.17. The van der Waals surface area contributed by atoms with Gasteiger partial charge < -0.3 is 21.9 Å². The molecule has 4 heterocycles. The number of benzene rings is 1. The van der Waals surface area contributed by atoms with Crippen molar-refractivity contribution in [3.63, 3.8) is 0 Å². The third kappa shape index (κ3) is 5.40. The Morgan fingerprint density at radius 3 is 2.77 bits per heavy atom. The van der Waals surface area contributed by atoms with Gasteiger partial charge in [0.2, 0.25) is 11.7 Å². The molecule has 12 nitrogen and oxygen atoms in total. The van der Waals surface area contributed by atoms with Crippen LogP contribution in [0, 0.1) is 5.41 Å². The third-order valence-electron chi connectivity index (χ3n) is 6.91. The smallest absolute Gasteiger partial charge is 0.445 e. The Labute approximate surface area is 232 Å². The van der Waals surface area contributed by atoms with Crippen molar-refractivity contribution < 1.29 is 14.7 Å². The fraction of sp³-hybridized carbons (Fsp3) is 0.320. The number of nitrogens with zero attached hydrogens (tertiary/aromatic N) is 6. The number of amidine groups is 1. The average molecular weight is 569 g/mol. The Hall–Kier alpha value is -3.74. The molecule has 5 rings (SSSR count). The number of nitrogens with two attached hydrogens (primary N) is 2. The summed E-state index contributed by atoms with van der Waals surface area (Å²) >= 11 is 7.74. The quantitative estimate of drug-likeness (QED) is 0.338. The zero-order chi connectivity index (χ0) is 27.7. The number of aliphatic imine (C=N–C) groups is 1. The van der Waals surface area contributed by atoms with Crippen LogP contribution in [0.5, 0.6) is 5.88 Å². The van der Waals surface area contributed by atoms with E-state index in [4.69, 9.17) is 23.1 Å². The van der Waals surface area contributed by atoms with Crippen LogP contribution in [0.25, 0.3) is 5.65 Å². The number of anilines is 1. The van der Waals surface area contributed by atoms with Gasteiger partial charge in [-0.1, -0.05) is 30.7 Å². The van der Waals surface area contributed by atoms with Crippen LogP contribution >= 0.6 is 23.4 Å². The van der Waals surface area contributed by atoms with Crippen molar-refractivity contribution >= 4 is 51.5 Å².